The van der Waals surface area contributed by atoms with Crippen molar-refractivity contribution in [2.24, 2.45) is 0 Å². The van der Waals surface area contributed by atoms with E-state index in [0.717, 1.165) is 11.6 Å². The maximum Gasteiger partial charge on any atom is 0.240 e. The van der Waals surface area contributed by atoms with E-state index in [9.17, 15) is 12.8 Å². The zero-order valence-corrected chi connectivity index (χ0v) is 13.0. The van der Waals surface area contributed by atoms with Crippen molar-refractivity contribution in [2.75, 3.05) is 6.54 Å². The number of aryl methyl sites for hydroxylation is 1. The standard InChI is InChI=1S/C15H15ClFNO2S/c1-11-9-14(17)5-6-15(11)21(19,20)18-8-7-12-3-2-4-13(16)10-12/h2-6,9-10,18H,7-8H2,1H3. The van der Waals surface area contributed by atoms with Crippen molar-refractivity contribution in [1.82, 2.24) is 4.72 Å². The second kappa shape index (κ2) is 6.56. The molecule has 0 amide bonds. The normalized spacial score (nSPS) is 11.6. The van der Waals surface area contributed by atoms with Gasteiger partial charge in [0.1, 0.15) is 5.82 Å². The van der Waals surface area contributed by atoms with E-state index in [2.05, 4.69) is 4.72 Å². The topological polar surface area (TPSA) is 46.2 Å². The van der Waals surface area contributed by atoms with Gasteiger partial charge in [0.05, 0.1) is 4.90 Å². The lowest BCUT2D eigenvalue weighted by Crippen LogP contribution is -2.26. The quantitative estimate of drug-likeness (QED) is 0.915. The minimum Gasteiger partial charge on any atom is -0.211 e. The van der Waals surface area contributed by atoms with Crippen LogP contribution >= 0.6 is 11.6 Å². The van der Waals surface area contributed by atoms with Gasteiger partial charge in [0.25, 0.3) is 0 Å². The van der Waals surface area contributed by atoms with Gasteiger partial charge in [-0.1, -0.05) is 23.7 Å². The molecule has 0 atom stereocenters. The molecule has 3 nitrogen and oxygen atoms in total. The molecular formula is C15H15ClFNO2S. The molecule has 2 aromatic carbocycles. The smallest absolute Gasteiger partial charge is 0.211 e. The number of sulfonamides is 1. The summed E-state index contributed by atoms with van der Waals surface area (Å²) in [6, 6.07) is 10.9. The molecule has 0 aliphatic rings. The lowest BCUT2D eigenvalue weighted by molar-refractivity contribution is 0.580. The molecule has 0 aliphatic heterocycles. The van der Waals surface area contributed by atoms with Crippen LogP contribution in [0.5, 0.6) is 0 Å². The van der Waals surface area contributed by atoms with Crippen LogP contribution in [0.4, 0.5) is 4.39 Å². The van der Waals surface area contributed by atoms with Gasteiger partial charge in [-0.25, -0.2) is 17.5 Å². The highest BCUT2D eigenvalue weighted by Gasteiger charge is 2.16. The maximum atomic E-state index is 13.0. The van der Waals surface area contributed by atoms with Crippen molar-refractivity contribution in [2.45, 2.75) is 18.2 Å². The Balaban J connectivity index is 2.05. The minimum atomic E-state index is -3.64. The number of hydrogen-bond acceptors (Lipinski definition) is 2. The van der Waals surface area contributed by atoms with Crippen LogP contribution in [-0.4, -0.2) is 15.0 Å². The summed E-state index contributed by atoms with van der Waals surface area (Å²) >= 11 is 5.87. The summed E-state index contributed by atoms with van der Waals surface area (Å²) in [6.07, 6.45) is 0.528. The molecule has 2 rings (SSSR count). The lowest BCUT2D eigenvalue weighted by Gasteiger charge is -2.09. The number of benzene rings is 2. The van der Waals surface area contributed by atoms with Crippen LogP contribution in [0.15, 0.2) is 47.4 Å². The van der Waals surface area contributed by atoms with E-state index in [1.54, 1.807) is 19.1 Å². The second-order valence-electron chi connectivity index (χ2n) is 4.69. The second-order valence-corrected chi connectivity index (χ2v) is 6.86. The van der Waals surface area contributed by atoms with Crippen molar-refractivity contribution in [3.05, 3.63) is 64.4 Å². The van der Waals surface area contributed by atoms with Crippen LogP contribution in [0.3, 0.4) is 0 Å². The molecule has 0 fully saturated rings. The van der Waals surface area contributed by atoms with Gasteiger partial charge in [0.2, 0.25) is 10.0 Å². The first-order valence-corrected chi connectivity index (χ1v) is 8.25. The summed E-state index contributed by atoms with van der Waals surface area (Å²) in [7, 11) is -3.64. The highest BCUT2D eigenvalue weighted by Crippen LogP contribution is 2.16. The van der Waals surface area contributed by atoms with Crippen LogP contribution in [0.2, 0.25) is 5.02 Å². The third-order valence-electron chi connectivity index (χ3n) is 3.02. The van der Waals surface area contributed by atoms with Gasteiger partial charge < -0.3 is 0 Å². The maximum absolute atomic E-state index is 13.0. The van der Waals surface area contributed by atoms with Gasteiger partial charge in [-0.3, -0.25) is 0 Å². The van der Waals surface area contributed by atoms with E-state index in [1.165, 1.54) is 12.1 Å². The third-order valence-corrected chi connectivity index (χ3v) is 4.88. The van der Waals surface area contributed by atoms with Crippen LogP contribution in [0.1, 0.15) is 11.1 Å². The molecule has 0 bridgehead atoms. The fourth-order valence-corrected chi connectivity index (χ4v) is 3.48. The van der Waals surface area contributed by atoms with Gasteiger partial charge >= 0.3 is 0 Å². The zero-order chi connectivity index (χ0) is 15.5. The van der Waals surface area contributed by atoms with Crippen molar-refractivity contribution in [1.29, 1.82) is 0 Å². The Morgan fingerprint density at radius 2 is 1.95 bits per heavy atom. The van der Waals surface area contributed by atoms with Gasteiger partial charge in [-0.2, -0.15) is 0 Å². The highest BCUT2D eigenvalue weighted by atomic mass is 35.5. The van der Waals surface area contributed by atoms with E-state index in [-0.39, 0.29) is 11.4 Å². The summed E-state index contributed by atoms with van der Waals surface area (Å²) in [5, 5.41) is 0.615. The van der Waals surface area contributed by atoms with Gasteiger partial charge in [-0.15, -0.1) is 0 Å². The largest absolute Gasteiger partial charge is 0.240 e. The monoisotopic (exact) mass is 327 g/mol. The summed E-state index contributed by atoms with van der Waals surface area (Å²) in [4.78, 5) is 0.0926. The fourth-order valence-electron chi connectivity index (χ4n) is 2.01. The zero-order valence-electron chi connectivity index (χ0n) is 11.4. The first-order valence-electron chi connectivity index (χ1n) is 6.39. The summed E-state index contributed by atoms with van der Waals surface area (Å²) in [5.41, 5.74) is 1.33. The van der Waals surface area contributed by atoms with Crippen molar-refractivity contribution >= 4 is 21.6 Å². The van der Waals surface area contributed by atoms with Gasteiger partial charge in [-0.05, 0) is 54.8 Å². The first kappa shape index (κ1) is 15.9. The molecule has 0 saturated heterocycles. The Hall–Kier alpha value is -1.43. The van der Waals surface area contributed by atoms with Gasteiger partial charge in [0, 0.05) is 11.6 Å². The molecule has 2 aromatic rings. The van der Waals surface area contributed by atoms with E-state index in [4.69, 9.17) is 11.6 Å². The predicted octanol–water partition coefficient (Wildman–Crippen LogP) is 3.31. The van der Waals surface area contributed by atoms with E-state index in [0.29, 0.717) is 17.0 Å². The molecule has 0 aromatic heterocycles. The summed E-state index contributed by atoms with van der Waals surface area (Å²) in [6.45, 7) is 1.81. The number of halogens is 2. The molecule has 21 heavy (non-hydrogen) atoms. The number of hydrogen-bond donors (Lipinski definition) is 1. The van der Waals surface area contributed by atoms with Crippen LogP contribution in [-0.2, 0) is 16.4 Å². The molecular weight excluding hydrogens is 313 g/mol. The molecule has 0 spiro atoms. The van der Waals surface area contributed by atoms with Gasteiger partial charge in [0.15, 0.2) is 0 Å². The molecule has 0 heterocycles. The van der Waals surface area contributed by atoms with Crippen molar-refractivity contribution in [3.8, 4) is 0 Å². The summed E-state index contributed by atoms with van der Waals surface area (Å²) in [5.74, 6) is -0.453. The molecule has 0 radical (unpaired) electrons. The van der Waals surface area contributed by atoms with Crippen LogP contribution in [0.25, 0.3) is 0 Å². The third kappa shape index (κ3) is 4.27. The molecule has 0 unspecified atom stereocenters. The Morgan fingerprint density at radius 3 is 2.62 bits per heavy atom. The molecule has 112 valence electrons. The lowest BCUT2D eigenvalue weighted by atomic mass is 10.2. The Kier molecular flexibility index (Phi) is 4.98. The Bertz CT molecular complexity index is 747. The number of nitrogens with one attached hydrogen (secondary N) is 1. The van der Waals surface area contributed by atoms with Crippen LogP contribution < -0.4 is 4.72 Å². The Labute approximate surface area is 128 Å². The Morgan fingerprint density at radius 1 is 1.19 bits per heavy atom. The molecule has 0 aliphatic carbocycles. The average Bonchev–Trinajstić information content (AvgIpc) is 2.38. The minimum absolute atomic E-state index is 0.0926. The molecule has 0 saturated carbocycles. The van der Waals surface area contributed by atoms with Crippen molar-refractivity contribution in [3.63, 3.8) is 0 Å². The fraction of sp³-hybridized carbons (Fsp3) is 0.200. The van der Waals surface area contributed by atoms with Crippen molar-refractivity contribution < 1.29 is 12.8 Å². The highest BCUT2D eigenvalue weighted by molar-refractivity contribution is 7.89. The molecule has 6 heteroatoms. The molecule has 1 N–H and O–H groups in total. The number of rotatable bonds is 5. The van der Waals surface area contributed by atoms with E-state index >= 15 is 0 Å². The van der Waals surface area contributed by atoms with Crippen LogP contribution in [0, 0.1) is 12.7 Å². The van der Waals surface area contributed by atoms with E-state index < -0.39 is 15.8 Å². The SMILES string of the molecule is Cc1cc(F)ccc1S(=O)(=O)NCCc1cccc(Cl)c1. The first-order chi connectivity index (χ1) is 9.88. The summed E-state index contributed by atoms with van der Waals surface area (Å²) < 4.78 is 39.9. The predicted molar refractivity (Wildman–Crippen MR) is 81.5 cm³/mol. The van der Waals surface area contributed by atoms with E-state index in [1.807, 2.05) is 12.1 Å². The average molecular weight is 328 g/mol.